The molecule has 0 aliphatic carbocycles. The number of aryl methyl sites for hydroxylation is 1. The molecule has 0 saturated carbocycles. The molecule has 0 spiro atoms. The van der Waals surface area contributed by atoms with Gasteiger partial charge in [0.1, 0.15) is 0 Å². The summed E-state index contributed by atoms with van der Waals surface area (Å²) in [4.78, 5) is 14.8. The minimum atomic E-state index is -0.0440. The number of nitrogens with one attached hydrogen (secondary N) is 1. The number of nitrogen functional groups attached to an aromatic ring is 1. The van der Waals surface area contributed by atoms with Gasteiger partial charge in [-0.15, -0.1) is 24.8 Å². The van der Waals surface area contributed by atoms with E-state index >= 15 is 0 Å². The molecule has 7 heteroatoms. The maximum Gasteiger partial charge on any atom is 0.251 e. The SMILES string of the molecule is Cc1ccc(N)cc1C(=O)NC1CCN(c2ccc(Br)cc2)C1.Cl.Cl. The number of halogens is 3. The highest BCUT2D eigenvalue weighted by Gasteiger charge is 2.24. The molecule has 1 unspecified atom stereocenters. The smallest absolute Gasteiger partial charge is 0.251 e. The number of nitrogens with zero attached hydrogens (tertiary/aromatic N) is 1. The zero-order chi connectivity index (χ0) is 16.4. The van der Waals surface area contributed by atoms with E-state index < -0.39 is 0 Å². The Morgan fingerprint density at radius 2 is 1.88 bits per heavy atom. The highest BCUT2D eigenvalue weighted by Crippen LogP contribution is 2.23. The van der Waals surface area contributed by atoms with Crippen molar-refractivity contribution in [3.8, 4) is 0 Å². The fourth-order valence-electron chi connectivity index (χ4n) is 2.91. The van der Waals surface area contributed by atoms with E-state index in [1.54, 1.807) is 6.07 Å². The normalized spacial score (nSPS) is 15.9. The van der Waals surface area contributed by atoms with Crippen LogP contribution in [0.4, 0.5) is 11.4 Å². The van der Waals surface area contributed by atoms with Gasteiger partial charge in [-0.2, -0.15) is 0 Å². The molecule has 25 heavy (non-hydrogen) atoms. The first-order chi connectivity index (χ1) is 11.0. The Labute approximate surface area is 169 Å². The van der Waals surface area contributed by atoms with Gasteiger partial charge in [-0.05, 0) is 55.3 Å². The van der Waals surface area contributed by atoms with Crippen molar-refractivity contribution in [3.05, 3.63) is 58.1 Å². The molecule has 0 bridgehead atoms. The molecule has 3 N–H and O–H groups in total. The Morgan fingerprint density at radius 3 is 2.56 bits per heavy atom. The van der Waals surface area contributed by atoms with Crippen LogP contribution >= 0.6 is 40.7 Å². The van der Waals surface area contributed by atoms with E-state index in [4.69, 9.17) is 5.73 Å². The topological polar surface area (TPSA) is 58.4 Å². The number of carbonyl (C=O) groups is 1. The molecule has 1 aliphatic heterocycles. The summed E-state index contributed by atoms with van der Waals surface area (Å²) in [7, 11) is 0. The highest BCUT2D eigenvalue weighted by molar-refractivity contribution is 9.10. The Kier molecular flexibility index (Phi) is 8.06. The van der Waals surface area contributed by atoms with E-state index in [9.17, 15) is 4.79 Å². The number of anilines is 2. The molecule has 4 nitrogen and oxygen atoms in total. The van der Waals surface area contributed by atoms with Gasteiger partial charge in [-0.25, -0.2) is 0 Å². The summed E-state index contributed by atoms with van der Waals surface area (Å²) in [5.74, 6) is -0.0440. The average molecular weight is 447 g/mol. The van der Waals surface area contributed by atoms with E-state index in [1.807, 2.05) is 31.2 Å². The van der Waals surface area contributed by atoms with Crippen molar-refractivity contribution in [2.24, 2.45) is 0 Å². The monoisotopic (exact) mass is 445 g/mol. The molecule has 1 saturated heterocycles. The molecule has 1 atom stereocenters. The van der Waals surface area contributed by atoms with Gasteiger partial charge in [-0.1, -0.05) is 22.0 Å². The lowest BCUT2D eigenvalue weighted by Crippen LogP contribution is -2.37. The fourth-order valence-corrected chi connectivity index (χ4v) is 3.18. The average Bonchev–Trinajstić information content (AvgIpc) is 2.99. The van der Waals surface area contributed by atoms with Gasteiger partial charge in [0.25, 0.3) is 5.91 Å². The molecule has 3 rings (SSSR count). The first-order valence-corrected chi connectivity index (χ1v) is 8.50. The molecule has 1 heterocycles. The number of carbonyl (C=O) groups excluding carboxylic acids is 1. The predicted molar refractivity (Wildman–Crippen MR) is 112 cm³/mol. The van der Waals surface area contributed by atoms with Crippen LogP contribution < -0.4 is 16.0 Å². The number of amides is 1. The van der Waals surface area contributed by atoms with Gasteiger partial charge in [0.15, 0.2) is 0 Å². The van der Waals surface area contributed by atoms with Gasteiger partial charge in [-0.3, -0.25) is 4.79 Å². The summed E-state index contributed by atoms with van der Waals surface area (Å²) in [5, 5.41) is 3.13. The maximum atomic E-state index is 12.5. The second-order valence-corrected chi connectivity index (χ2v) is 6.87. The summed E-state index contributed by atoms with van der Waals surface area (Å²) in [6.07, 6.45) is 0.948. The molecule has 2 aromatic carbocycles. The van der Waals surface area contributed by atoms with Gasteiger partial charge in [0.2, 0.25) is 0 Å². The van der Waals surface area contributed by atoms with Gasteiger partial charge in [0, 0.05) is 40.5 Å². The number of nitrogens with two attached hydrogens (primary N) is 1. The first kappa shape index (κ1) is 21.6. The van der Waals surface area contributed by atoms with E-state index in [-0.39, 0.29) is 36.8 Å². The fraction of sp³-hybridized carbons (Fsp3) is 0.278. The van der Waals surface area contributed by atoms with Crippen LogP contribution in [0.3, 0.4) is 0 Å². The van der Waals surface area contributed by atoms with Crippen LogP contribution in [0.25, 0.3) is 0 Å². The lowest BCUT2D eigenvalue weighted by Gasteiger charge is -2.19. The number of hydrogen-bond acceptors (Lipinski definition) is 3. The van der Waals surface area contributed by atoms with Crippen molar-refractivity contribution >= 4 is 58.0 Å². The number of rotatable bonds is 3. The zero-order valence-corrected chi connectivity index (χ0v) is 17.1. The maximum absolute atomic E-state index is 12.5. The highest BCUT2D eigenvalue weighted by atomic mass is 79.9. The summed E-state index contributed by atoms with van der Waals surface area (Å²) in [6, 6.07) is 13.9. The molecular weight excluding hydrogens is 425 g/mol. The molecule has 2 aromatic rings. The third-order valence-corrected chi connectivity index (χ3v) is 4.75. The van der Waals surface area contributed by atoms with Crippen LogP contribution in [0, 0.1) is 6.92 Å². The Morgan fingerprint density at radius 1 is 1.20 bits per heavy atom. The quantitative estimate of drug-likeness (QED) is 0.694. The standard InChI is InChI=1S/C18H20BrN3O.2ClH/c1-12-2-5-14(20)10-17(12)18(23)21-15-8-9-22(11-15)16-6-3-13(19)4-7-16;;/h2-7,10,15H,8-9,11,20H2,1H3,(H,21,23);2*1H. The summed E-state index contributed by atoms with van der Waals surface area (Å²) in [6.45, 7) is 3.70. The molecule has 0 radical (unpaired) electrons. The van der Waals surface area contributed by atoms with Crippen LogP contribution in [0.15, 0.2) is 46.9 Å². The van der Waals surface area contributed by atoms with Crippen molar-refractivity contribution in [1.82, 2.24) is 5.32 Å². The Hall–Kier alpha value is -1.43. The second kappa shape index (κ2) is 9.32. The van der Waals surface area contributed by atoms with Crippen molar-refractivity contribution < 1.29 is 4.79 Å². The predicted octanol–water partition coefficient (Wildman–Crippen LogP) is 4.19. The van der Waals surface area contributed by atoms with Crippen LogP contribution in [-0.2, 0) is 0 Å². The third kappa shape index (κ3) is 5.27. The molecule has 1 fully saturated rings. The largest absolute Gasteiger partial charge is 0.399 e. The van der Waals surface area contributed by atoms with Crippen molar-refractivity contribution in [1.29, 1.82) is 0 Å². The second-order valence-electron chi connectivity index (χ2n) is 5.96. The first-order valence-electron chi connectivity index (χ1n) is 7.70. The van der Waals surface area contributed by atoms with E-state index in [2.05, 4.69) is 38.3 Å². The van der Waals surface area contributed by atoms with Crippen LogP contribution in [0.5, 0.6) is 0 Å². The number of benzene rings is 2. The lowest BCUT2D eigenvalue weighted by molar-refractivity contribution is 0.0940. The van der Waals surface area contributed by atoms with Crippen molar-refractivity contribution in [3.63, 3.8) is 0 Å². The molecule has 0 aromatic heterocycles. The van der Waals surface area contributed by atoms with Crippen molar-refractivity contribution in [2.75, 3.05) is 23.7 Å². The van der Waals surface area contributed by atoms with Gasteiger partial charge >= 0.3 is 0 Å². The lowest BCUT2D eigenvalue weighted by atomic mass is 10.1. The van der Waals surface area contributed by atoms with E-state index in [0.717, 1.165) is 29.5 Å². The van der Waals surface area contributed by atoms with E-state index in [0.29, 0.717) is 11.3 Å². The third-order valence-electron chi connectivity index (χ3n) is 4.22. The van der Waals surface area contributed by atoms with Crippen LogP contribution in [-0.4, -0.2) is 25.0 Å². The zero-order valence-electron chi connectivity index (χ0n) is 13.9. The van der Waals surface area contributed by atoms with E-state index in [1.165, 1.54) is 5.69 Å². The van der Waals surface area contributed by atoms with Gasteiger partial charge < -0.3 is 16.0 Å². The minimum absolute atomic E-state index is 0. The number of hydrogen-bond donors (Lipinski definition) is 2. The Bertz CT molecular complexity index is 725. The molecule has 136 valence electrons. The summed E-state index contributed by atoms with van der Waals surface area (Å²) in [5.41, 5.74) is 9.19. The minimum Gasteiger partial charge on any atom is -0.399 e. The molecule has 1 amide bonds. The van der Waals surface area contributed by atoms with Crippen LogP contribution in [0.2, 0.25) is 0 Å². The molecule has 1 aliphatic rings. The van der Waals surface area contributed by atoms with Crippen molar-refractivity contribution in [2.45, 2.75) is 19.4 Å². The Balaban J connectivity index is 0.00000156. The van der Waals surface area contributed by atoms with Crippen LogP contribution in [0.1, 0.15) is 22.3 Å². The molecular formula is C18H22BrCl2N3O. The summed E-state index contributed by atoms with van der Waals surface area (Å²) < 4.78 is 1.07. The summed E-state index contributed by atoms with van der Waals surface area (Å²) >= 11 is 3.45. The van der Waals surface area contributed by atoms with Gasteiger partial charge in [0.05, 0.1) is 0 Å².